The maximum atomic E-state index is 8.50. The first kappa shape index (κ1) is 9.86. The van der Waals surface area contributed by atoms with Crippen LogP contribution >= 0.6 is 0 Å². The van der Waals surface area contributed by atoms with Crippen LogP contribution in [0.4, 0.5) is 0 Å². The largest absolute Gasteiger partial charge is 0.454 e. The van der Waals surface area contributed by atoms with Crippen LogP contribution in [0.5, 0.6) is 11.5 Å². The second-order valence-electron chi connectivity index (χ2n) is 3.48. The van der Waals surface area contributed by atoms with E-state index in [2.05, 4.69) is 0 Å². The Balaban J connectivity index is 2.13. The van der Waals surface area contributed by atoms with Crippen molar-refractivity contribution in [3.8, 4) is 11.5 Å². The minimum Gasteiger partial charge on any atom is -0.454 e. The molecule has 1 aromatic rings. The van der Waals surface area contributed by atoms with E-state index < -0.39 is 0 Å². The molecule has 1 heterocycles. The minimum atomic E-state index is 0.297. The normalized spacial score (nSPS) is 14.1. The summed E-state index contributed by atoms with van der Waals surface area (Å²) in [4.78, 5) is 0. The molecule has 0 amide bonds. The number of ether oxygens (including phenoxy) is 2. The molecule has 1 aromatic carbocycles. The summed E-state index contributed by atoms with van der Waals surface area (Å²) in [6.45, 7) is 2.24. The van der Waals surface area contributed by atoms with Gasteiger partial charge in [-0.2, -0.15) is 0 Å². The summed E-state index contributed by atoms with van der Waals surface area (Å²) >= 11 is 0. The Hall–Kier alpha value is -1.68. The molecule has 4 heteroatoms. The topological polar surface area (TPSA) is 50.7 Å². The number of fused-ring (bicyclic) bond motifs is 1. The smallest absolute Gasteiger partial charge is 0.231 e. The Kier molecular flexibility index (Phi) is 2.78. The van der Waals surface area contributed by atoms with Crippen LogP contribution in [0.25, 0.3) is 0 Å². The highest BCUT2D eigenvalue weighted by Gasteiger charge is 2.12. The van der Waals surface area contributed by atoms with Gasteiger partial charge >= 0.3 is 0 Å². The van der Waals surface area contributed by atoms with Crippen molar-refractivity contribution in [1.29, 1.82) is 0 Å². The fourth-order valence-corrected chi connectivity index (χ4v) is 1.53. The molecule has 0 bridgehead atoms. The molecule has 80 valence electrons. The average molecular weight is 207 g/mol. The third-order valence-corrected chi connectivity index (χ3v) is 2.23. The van der Waals surface area contributed by atoms with E-state index in [-0.39, 0.29) is 0 Å². The molecule has 0 aromatic heterocycles. The van der Waals surface area contributed by atoms with E-state index in [0.29, 0.717) is 6.79 Å². The second-order valence-corrected chi connectivity index (χ2v) is 3.48. The summed E-state index contributed by atoms with van der Waals surface area (Å²) in [6, 6.07) is 5.84. The number of hydroxylamine groups is 1. The SMILES string of the molecule is CC(=CNO)Cc1ccc2c(c1)OCO2. The van der Waals surface area contributed by atoms with E-state index in [0.717, 1.165) is 29.1 Å². The quantitative estimate of drug-likeness (QED) is 0.742. The van der Waals surface area contributed by atoms with Gasteiger partial charge in [-0.3, -0.25) is 10.7 Å². The van der Waals surface area contributed by atoms with Gasteiger partial charge in [0.2, 0.25) is 6.79 Å². The third kappa shape index (κ3) is 2.22. The molecule has 0 radical (unpaired) electrons. The van der Waals surface area contributed by atoms with E-state index >= 15 is 0 Å². The Bertz CT molecular complexity index is 387. The predicted molar refractivity (Wildman–Crippen MR) is 54.9 cm³/mol. The van der Waals surface area contributed by atoms with Crippen molar-refractivity contribution in [2.75, 3.05) is 6.79 Å². The highest BCUT2D eigenvalue weighted by molar-refractivity contribution is 5.45. The Morgan fingerprint density at radius 3 is 3.07 bits per heavy atom. The summed E-state index contributed by atoms with van der Waals surface area (Å²) in [5.74, 6) is 1.58. The summed E-state index contributed by atoms with van der Waals surface area (Å²) < 4.78 is 10.5. The highest BCUT2D eigenvalue weighted by Crippen LogP contribution is 2.32. The molecule has 0 fully saturated rings. The van der Waals surface area contributed by atoms with Crippen LogP contribution < -0.4 is 15.0 Å². The van der Waals surface area contributed by atoms with E-state index in [1.807, 2.05) is 30.6 Å². The van der Waals surface area contributed by atoms with Gasteiger partial charge in [-0.05, 0) is 31.0 Å². The second kappa shape index (κ2) is 4.23. The predicted octanol–water partition coefficient (Wildman–Crippen LogP) is 1.84. The van der Waals surface area contributed by atoms with Crippen LogP contribution in [0.1, 0.15) is 12.5 Å². The average Bonchev–Trinajstić information content (AvgIpc) is 2.65. The molecule has 2 N–H and O–H groups in total. The van der Waals surface area contributed by atoms with E-state index in [1.165, 1.54) is 0 Å². The molecule has 0 atom stereocenters. The van der Waals surface area contributed by atoms with Gasteiger partial charge in [0.05, 0.1) is 0 Å². The van der Waals surface area contributed by atoms with Crippen LogP contribution in [-0.2, 0) is 6.42 Å². The molecule has 0 saturated carbocycles. The van der Waals surface area contributed by atoms with Gasteiger partial charge in [0.25, 0.3) is 0 Å². The lowest BCUT2D eigenvalue weighted by molar-refractivity contribution is 0.174. The van der Waals surface area contributed by atoms with Gasteiger partial charge in [0, 0.05) is 6.20 Å². The van der Waals surface area contributed by atoms with Gasteiger partial charge in [-0.25, -0.2) is 0 Å². The first-order valence-electron chi connectivity index (χ1n) is 4.73. The summed E-state index contributed by atoms with van der Waals surface area (Å²) in [7, 11) is 0. The molecular formula is C11H13NO3. The zero-order valence-electron chi connectivity index (χ0n) is 8.49. The van der Waals surface area contributed by atoms with Crippen LogP contribution in [-0.4, -0.2) is 12.0 Å². The molecule has 0 unspecified atom stereocenters. The zero-order valence-corrected chi connectivity index (χ0v) is 8.49. The Morgan fingerprint density at radius 2 is 2.27 bits per heavy atom. The van der Waals surface area contributed by atoms with Crippen LogP contribution in [0, 0.1) is 0 Å². The van der Waals surface area contributed by atoms with E-state index in [9.17, 15) is 0 Å². The number of rotatable bonds is 3. The molecule has 15 heavy (non-hydrogen) atoms. The number of hydrogen-bond acceptors (Lipinski definition) is 4. The fourth-order valence-electron chi connectivity index (χ4n) is 1.53. The molecule has 0 saturated heterocycles. The lowest BCUT2D eigenvalue weighted by Crippen LogP contribution is -1.97. The number of benzene rings is 1. The van der Waals surface area contributed by atoms with Crippen molar-refractivity contribution in [1.82, 2.24) is 5.48 Å². The first-order chi connectivity index (χ1) is 7.29. The monoisotopic (exact) mass is 207 g/mol. The van der Waals surface area contributed by atoms with E-state index in [4.69, 9.17) is 14.7 Å². The van der Waals surface area contributed by atoms with Gasteiger partial charge < -0.3 is 9.47 Å². The summed E-state index contributed by atoms with van der Waals surface area (Å²) in [5.41, 5.74) is 4.19. The molecule has 4 nitrogen and oxygen atoms in total. The van der Waals surface area contributed by atoms with Gasteiger partial charge in [-0.15, -0.1) is 0 Å². The summed E-state index contributed by atoms with van der Waals surface area (Å²) in [6.07, 6.45) is 2.33. The molecular weight excluding hydrogens is 194 g/mol. The van der Waals surface area contributed by atoms with Crippen molar-refractivity contribution < 1.29 is 14.7 Å². The maximum absolute atomic E-state index is 8.50. The van der Waals surface area contributed by atoms with Crippen molar-refractivity contribution >= 4 is 0 Å². The Morgan fingerprint density at radius 1 is 1.47 bits per heavy atom. The zero-order chi connectivity index (χ0) is 10.7. The number of hydrogen-bond donors (Lipinski definition) is 2. The molecule has 0 aliphatic carbocycles. The van der Waals surface area contributed by atoms with Gasteiger partial charge in [-0.1, -0.05) is 11.6 Å². The van der Waals surface area contributed by atoms with Gasteiger partial charge in [0.15, 0.2) is 11.5 Å². The molecule has 2 rings (SSSR count). The maximum Gasteiger partial charge on any atom is 0.231 e. The number of allylic oxidation sites excluding steroid dienone is 1. The lowest BCUT2D eigenvalue weighted by Gasteiger charge is -2.03. The Labute approximate surface area is 88.1 Å². The van der Waals surface area contributed by atoms with Crippen molar-refractivity contribution in [3.05, 3.63) is 35.5 Å². The van der Waals surface area contributed by atoms with Crippen LogP contribution in [0.2, 0.25) is 0 Å². The number of nitrogens with one attached hydrogen (secondary N) is 1. The van der Waals surface area contributed by atoms with E-state index in [1.54, 1.807) is 6.20 Å². The van der Waals surface area contributed by atoms with Gasteiger partial charge in [0.1, 0.15) is 0 Å². The van der Waals surface area contributed by atoms with Crippen LogP contribution in [0.3, 0.4) is 0 Å². The molecule has 1 aliphatic rings. The van der Waals surface area contributed by atoms with Crippen molar-refractivity contribution in [2.45, 2.75) is 13.3 Å². The first-order valence-corrected chi connectivity index (χ1v) is 4.73. The standard InChI is InChI=1S/C11H13NO3/c1-8(6-12-13)4-9-2-3-10-11(5-9)15-7-14-10/h2-3,5-6,12-13H,4,7H2,1H3. The lowest BCUT2D eigenvalue weighted by atomic mass is 10.1. The third-order valence-electron chi connectivity index (χ3n) is 2.23. The molecule has 0 spiro atoms. The minimum absolute atomic E-state index is 0.297. The van der Waals surface area contributed by atoms with Crippen molar-refractivity contribution in [3.63, 3.8) is 0 Å². The molecule has 1 aliphatic heterocycles. The van der Waals surface area contributed by atoms with Crippen LogP contribution in [0.15, 0.2) is 30.0 Å². The highest BCUT2D eigenvalue weighted by atomic mass is 16.7. The fraction of sp³-hybridized carbons (Fsp3) is 0.273. The summed E-state index contributed by atoms with van der Waals surface area (Å²) in [5, 5.41) is 8.50. The van der Waals surface area contributed by atoms with Crippen molar-refractivity contribution in [2.24, 2.45) is 0 Å².